The molecule has 1 aromatic rings. The number of nitrogens with zero attached hydrogens (tertiary/aromatic N) is 1. The van der Waals surface area contributed by atoms with Crippen molar-refractivity contribution in [1.29, 1.82) is 0 Å². The lowest BCUT2D eigenvalue weighted by molar-refractivity contribution is 0.0307. The largest absolute Gasteiger partial charge is 0.389 e. The van der Waals surface area contributed by atoms with Gasteiger partial charge < -0.3 is 19.9 Å². The molecule has 0 saturated carbocycles. The summed E-state index contributed by atoms with van der Waals surface area (Å²) in [6.07, 6.45) is 0.347. The second-order valence-electron chi connectivity index (χ2n) is 5.54. The molecule has 1 aromatic heterocycles. The first-order chi connectivity index (χ1) is 9.44. The number of aliphatic hydroxyl groups excluding tert-OH is 1. The zero-order valence-electron chi connectivity index (χ0n) is 12.8. The van der Waals surface area contributed by atoms with Crippen molar-refractivity contribution >= 4 is 11.3 Å². The van der Waals surface area contributed by atoms with Crippen molar-refractivity contribution in [1.82, 2.24) is 10.3 Å². The Morgan fingerprint density at radius 2 is 2.25 bits per heavy atom. The zero-order chi connectivity index (χ0) is 15.0. The van der Waals surface area contributed by atoms with Gasteiger partial charge in [-0.15, -0.1) is 11.3 Å². The molecule has 0 spiro atoms. The highest BCUT2D eigenvalue weighted by Crippen LogP contribution is 2.12. The summed E-state index contributed by atoms with van der Waals surface area (Å²) >= 11 is 1.65. The van der Waals surface area contributed by atoms with Gasteiger partial charge in [0.2, 0.25) is 0 Å². The molecule has 0 fully saturated rings. The van der Waals surface area contributed by atoms with Gasteiger partial charge in [-0.1, -0.05) is 0 Å². The van der Waals surface area contributed by atoms with Crippen LogP contribution in [0.3, 0.4) is 0 Å². The zero-order valence-corrected chi connectivity index (χ0v) is 13.6. The van der Waals surface area contributed by atoms with Crippen LogP contribution in [0.2, 0.25) is 0 Å². The monoisotopic (exact) mass is 302 g/mol. The van der Waals surface area contributed by atoms with Crippen LogP contribution in [0.4, 0.5) is 0 Å². The molecule has 0 aliphatic heterocycles. The Labute approximate surface area is 125 Å². The van der Waals surface area contributed by atoms with Gasteiger partial charge in [-0.25, -0.2) is 4.98 Å². The summed E-state index contributed by atoms with van der Waals surface area (Å²) in [4.78, 5) is 5.45. The first kappa shape index (κ1) is 17.5. The van der Waals surface area contributed by atoms with E-state index >= 15 is 0 Å². The van der Waals surface area contributed by atoms with Crippen LogP contribution in [0, 0.1) is 6.92 Å². The lowest BCUT2D eigenvalue weighted by Gasteiger charge is -2.26. The van der Waals surface area contributed by atoms with E-state index in [0.29, 0.717) is 26.4 Å². The van der Waals surface area contributed by atoms with Crippen LogP contribution < -0.4 is 5.32 Å². The summed E-state index contributed by atoms with van der Waals surface area (Å²) in [6, 6.07) is 0. The molecule has 0 bridgehead atoms. The van der Waals surface area contributed by atoms with E-state index in [0.717, 1.165) is 12.1 Å². The summed E-state index contributed by atoms with van der Waals surface area (Å²) in [5.41, 5.74) is 2.78. The Morgan fingerprint density at radius 3 is 2.85 bits per heavy atom. The lowest BCUT2D eigenvalue weighted by atomic mass is 10.1. The predicted molar refractivity (Wildman–Crippen MR) is 81.3 cm³/mol. The fourth-order valence-electron chi connectivity index (χ4n) is 1.82. The number of hydrogen-bond acceptors (Lipinski definition) is 6. The van der Waals surface area contributed by atoms with E-state index in [2.05, 4.69) is 10.3 Å². The average molecular weight is 302 g/mol. The van der Waals surface area contributed by atoms with Gasteiger partial charge in [0.1, 0.15) is 0 Å². The minimum Gasteiger partial charge on any atom is -0.389 e. The maximum atomic E-state index is 9.85. The van der Waals surface area contributed by atoms with Gasteiger partial charge >= 0.3 is 0 Å². The highest BCUT2D eigenvalue weighted by atomic mass is 32.1. The van der Waals surface area contributed by atoms with Gasteiger partial charge in [0.05, 0.1) is 37.1 Å². The molecule has 1 rings (SSSR count). The molecule has 2 N–H and O–H groups in total. The molecule has 20 heavy (non-hydrogen) atoms. The second kappa shape index (κ2) is 8.69. The molecule has 0 radical (unpaired) electrons. The van der Waals surface area contributed by atoms with Crippen molar-refractivity contribution in [2.45, 2.75) is 38.8 Å². The van der Waals surface area contributed by atoms with Crippen LogP contribution in [-0.4, -0.2) is 55.2 Å². The summed E-state index contributed by atoms with van der Waals surface area (Å²) in [5.74, 6) is 0. The summed E-state index contributed by atoms with van der Waals surface area (Å²) < 4.78 is 10.6. The van der Waals surface area contributed by atoms with E-state index in [-0.39, 0.29) is 5.54 Å². The third-order valence-corrected chi connectivity index (χ3v) is 3.94. The number of nitrogens with one attached hydrogen (secondary N) is 1. The van der Waals surface area contributed by atoms with Crippen LogP contribution in [0.25, 0.3) is 0 Å². The molecule has 116 valence electrons. The number of ether oxygens (including phenoxy) is 2. The third kappa shape index (κ3) is 6.76. The molecule has 0 saturated heterocycles. The molecule has 0 aliphatic carbocycles. The van der Waals surface area contributed by atoms with Crippen LogP contribution in [0.1, 0.15) is 24.4 Å². The lowest BCUT2D eigenvalue weighted by Crippen LogP contribution is -2.47. The van der Waals surface area contributed by atoms with Gasteiger partial charge in [-0.2, -0.15) is 0 Å². The Morgan fingerprint density at radius 1 is 1.50 bits per heavy atom. The topological polar surface area (TPSA) is 63.6 Å². The highest BCUT2D eigenvalue weighted by molar-refractivity contribution is 7.09. The maximum Gasteiger partial charge on any atom is 0.0897 e. The fourth-order valence-corrected chi connectivity index (χ4v) is 2.58. The maximum absolute atomic E-state index is 9.85. The Bertz CT molecular complexity index is 382. The van der Waals surface area contributed by atoms with E-state index in [9.17, 15) is 5.11 Å². The minimum atomic E-state index is -0.506. The number of aromatic nitrogens is 1. The summed E-state index contributed by atoms with van der Waals surface area (Å²) in [7, 11) is 1.67. The SMILES string of the molecule is COCC(C)(C)NCC(O)COCCc1scnc1C. The Hall–Kier alpha value is -0.530. The van der Waals surface area contributed by atoms with Crippen molar-refractivity contribution in [3.63, 3.8) is 0 Å². The van der Waals surface area contributed by atoms with Crippen molar-refractivity contribution in [3.05, 3.63) is 16.1 Å². The second-order valence-corrected chi connectivity index (χ2v) is 6.48. The standard InChI is InChI=1S/C14H26N2O3S/c1-11-13(20-10-15-11)5-6-19-8-12(17)7-16-14(2,3)9-18-4/h10,12,16-17H,5-9H2,1-4H3. The third-order valence-electron chi connectivity index (χ3n) is 2.95. The first-order valence-electron chi connectivity index (χ1n) is 6.83. The molecule has 5 nitrogen and oxygen atoms in total. The van der Waals surface area contributed by atoms with Gasteiger partial charge in [0, 0.05) is 30.5 Å². The Balaban J connectivity index is 2.11. The number of β-amino-alcohol motifs (C(OH)–C–C–N with tert-alkyl or cyclic N) is 1. The summed E-state index contributed by atoms with van der Waals surface area (Å²) in [5, 5.41) is 13.1. The first-order valence-corrected chi connectivity index (χ1v) is 7.71. The number of hydrogen-bond donors (Lipinski definition) is 2. The molecule has 0 amide bonds. The van der Waals surface area contributed by atoms with Crippen molar-refractivity contribution < 1.29 is 14.6 Å². The minimum absolute atomic E-state index is 0.143. The van der Waals surface area contributed by atoms with Crippen molar-refractivity contribution in [3.8, 4) is 0 Å². The number of thiazole rings is 1. The summed E-state index contributed by atoms with van der Waals surface area (Å²) in [6.45, 7) is 8.13. The number of rotatable bonds is 10. The molecule has 6 heteroatoms. The van der Waals surface area contributed by atoms with Crippen LogP contribution in [0.15, 0.2) is 5.51 Å². The highest BCUT2D eigenvalue weighted by Gasteiger charge is 2.18. The fraction of sp³-hybridized carbons (Fsp3) is 0.786. The van der Waals surface area contributed by atoms with Crippen LogP contribution in [-0.2, 0) is 15.9 Å². The van der Waals surface area contributed by atoms with E-state index < -0.39 is 6.10 Å². The van der Waals surface area contributed by atoms with E-state index in [1.165, 1.54) is 4.88 Å². The average Bonchev–Trinajstić information content (AvgIpc) is 2.78. The smallest absolute Gasteiger partial charge is 0.0897 e. The molecule has 1 heterocycles. The van der Waals surface area contributed by atoms with Gasteiger partial charge in [-0.3, -0.25) is 0 Å². The normalized spacial score (nSPS) is 13.7. The molecular formula is C14H26N2O3S. The van der Waals surface area contributed by atoms with E-state index in [1.807, 2.05) is 26.3 Å². The van der Waals surface area contributed by atoms with E-state index in [1.54, 1.807) is 18.4 Å². The molecular weight excluding hydrogens is 276 g/mol. The Kier molecular flexibility index (Phi) is 7.61. The number of aryl methyl sites for hydroxylation is 1. The molecule has 1 atom stereocenters. The van der Waals surface area contributed by atoms with Crippen molar-refractivity contribution in [2.75, 3.05) is 33.5 Å². The number of aliphatic hydroxyl groups is 1. The quantitative estimate of drug-likeness (QED) is 0.640. The molecule has 0 aromatic carbocycles. The molecule has 1 unspecified atom stereocenters. The van der Waals surface area contributed by atoms with Gasteiger partial charge in [0.25, 0.3) is 0 Å². The molecule has 0 aliphatic rings. The van der Waals surface area contributed by atoms with Crippen LogP contribution in [0.5, 0.6) is 0 Å². The van der Waals surface area contributed by atoms with Gasteiger partial charge in [0.15, 0.2) is 0 Å². The van der Waals surface area contributed by atoms with Crippen LogP contribution >= 0.6 is 11.3 Å². The van der Waals surface area contributed by atoms with E-state index in [4.69, 9.17) is 9.47 Å². The predicted octanol–water partition coefficient (Wildman–Crippen LogP) is 1.39. The van der Waals surface area contributed by atoms with Crippen molar-refractivity contribution in [2.24, 2.45) is 0 Å². The van der Waals surface area contributed by atoms with Gasteiger partial charge in [-0.05, 0) is 20.8 Å². The number of methoxy groups -OCH3 is 1.